The Morgan fingerprint density at radius 3 is 2.33 bits per heavy atom. The van der Waals surface area contributed by atoms with E-state index in [1.165, 1.54) is 11.1 Å². The fraction of sp³-hybridized carbons (Fsp3) is 0.625. The number of hydrogen-bond acceptors (Lipinski definition) is 1. The van der Waals surface area contributed by atoms with Crippen molar-refractivity contribution in [1.82, 2.24) is 5.32 Å². The predicted molar refractivity (Wildman–Crippen MR) is 79.2 cm³/mol. The van der Waals surface area contributed by atoms with Gasteiger partial charge in [0.1, 0.15) is 0 Å². The van der Waals surface area contributed by atoms with E-state index in [1.807, 2.05) is 0 Å². The lowest BCUT2D eigenvalue weighted by atomic mass is 9.67. The summed E-state index contributed by atoms with van der Waals surface area (Å²) in [6.45, 7) is 9.88. The number of halogens is 1. The normalized spacial score (nSPS) is 26.1. The summed E-state index contributed by atoms with van der Waals surface area (Å²) in [6.07, 6.45) is 1.08. The number of benzene rings is 1. The van der Waals surface area contributed by atoms with E-state index in [-0.39, 0.29) is 5.41 Å². The molecule has 1 aliphatic carbocycles. The topological polar surface area (TPSA) is 12.0 Å². The molecular formula is C16H24ClN. The smallest absolute Gasteiger partial charge is 0.0416 e. The predicted octanol–water partition coefficient (Wildman–Crippen LogP) is 4.31. The highest BCUT2D eigenvalue weighted by Crippen LogP contribution is 2.44. The van der Waals surface area contributed by atoms with Crippen molar-refractivity contribution in [2.75, 3.05) is 0 Å². The maximum atomic E-state index is 6.23. The summed E-state index contributed by atoms with van der Waals surface area (Å²) >= 11 is 6.23. The molecule has 1 N–H and O–H groups in total. The molecule has 1 fully saturated rings. The van der Waals surface area contributed by atoms with Crippen LogP contribution in [0.5, 0.6) is 0 Å². The van der Waals surface area contributed by atoms with Crippen molar-refractivity contribution in [3.8, 4) is 0 Å². The summed E-state index contributed by atoms with van der Waals surface area (Å²) < 4.78 is 0. The molecule has 2 heteroatoms. The van der Waals surface area contributed by atoms with Gasteiger partial charge in [0.2, 0.25) is 0 Å². The molecule has 1 aromatic carbocycles. The summed E-state index contributed by atoms with van der Waals surface area (Å²) in [5.41, 5.74) is 2.98. The summed E-state index contributed by atoms with van der Waals surface area (Å²) in [4.78, 5) is 0. The molecule has 0 spiro atoms. The van der Waals surface area contributed by atoms with Gasteiger partial charge in [-0.2, -0.15) is 0 Å². The van der Waals surface area contributed by atoms with Crippen molar-refractivity contribution < 1.29 is 0 Å². The van der Waals surface area contributed by atoms with E-state index in [9.17, 15) is 0 Å². The average molecular weight is 266 g/mol. The Bertz CT molecular complexity index is 394. The van der Waals surface area contributed by atoms with Crippen LogP contribution in [0, 0.1) is 5.41 Å². The fourth-order valence-corrected chi connectivity index (χ4v) is 2.81. The highest BCUT2D eigenvalue weighted by atomic mass is 35.5. The molecule has 0 saturated heterocycles. The van der Waals surface area contributed by atoms with Crippen LogP contribution in [0.3, 0.4) is 0 Å². The van der Waals surface area contributed by atoms with Gasteiger partial charge >= 0.3 is 0 Å². The lowest BCUT2D eigenvalue weighted by Crippen LogP contribution is -2.57. The molecule has 0 radical (unpaired) electrons. The lowest BCUT2D eigenvalue weighted by Gasteiger charge is -2.49. The van der Waals surface area contributed by atoms with Gasteiger partial charge in [-0.15, -0.1) is 11.6 Å². The molecule has 1 aromatic rings. The molecule has 0 aromatic heterocycles. The largest absolute Gasteiger partial charge is 0.309 e. The van der Waals surface area contributed by atoms with Gasteiger partial charge < -0.3 is 5.32 Å². The van der Waals surface area contributed by atoms with Crippen molar-refractivity contribution in [3.05, 3.63) is 35.4 Å². The zero-order valence-electron chi connectivity index (χ0n) is 11.8. The maximum Gasteiger partial charge on any atom is 0.0416 e. The summed E-state index contributed by atoms with van der Waals surface area (Å²) in [7, 11) is 0. The third-order valence-electron chi connectivity index (χ3n) is 4.35. The van der Waals surface area contributed by atoms with E-state index >= 15 is 0 Å². The van der Waals surface area contributed by atoms with Gasteiger partial charge in [-0.25, -0.2) is 0 Å². The Morgan fingerprint density at radius 1 is 1.28 bits per heavy atom. The molecule has 2 unspecified atom stereocenters. The van der Waals surface area contributed by atoms with Gasteiger partial charge in [0.05, 0.1) is 0 Å². The molecule has 18 heavy (non-hydrogen) atoms. The summed E-state index contributed by atoms with van der Waals surface area (Å²) in [5, 5.41) is 3.94. The van der Waals surface area contributed by atoms with Crippen molar-refractivity contribution in [2.24, 2.45) is 5.41 Å². The first kappa shape index (κ1) is 13.9. The summed E-state index contributed by atoms with van der Waals surface area (Å²) in [6, 6.07) is 9.47. The minimum Gasteiger partial charge on any atom is -0.309 e. The molecule has 1 nitrogen and oxygen atoms in total. The van der Waals surface area contributed by atoms with Crippen molar-refractivity contribution in [1.29, 1.82) is 0 Å². The third-order valence-corrected chi connectivity index (χ3v) is 5.09. The molecule has 1 saturated carbocycles. The molecular weight excluding hydrogens is 242 g/mol. The average Bonchev–Trinajstić information content (AvgIpc) is 2.34. The molecule has 100 valence electrons. The fourth-order valence-electron chi connectivity index (χ4n) is 2.48. The molecule has 0 bridgehead atoms. The summed E-state index contributed by atoms with van der Waals surface area (Å²) in [5.74, 6) is 0.606. The number of hydrogen-bond donors (Lipinski definition) is 1. The Morgan fingerprint density at radius 2 is 1.89 bits per heavy atom. The number of rotatable bonds is 4. The Balaban J connectivity index is 1.88. The highest BCUT2D eigenvalue weighted by molar-refractivity contribution is 6.21. The Kier molecular flexibility index (Phi) is 4.03. The van der Waals surface area contributed by atoms with Crippen molar-refractivity contribution in [3.63, 3.8) is 0 Å². The van der Waals surface area contributed by atoms with E-state index in [4.69, 9.17) is 11.6 Å². The van der Waals surface area contributed by atoms with Crippen LogP contribution in [0.1, 0.15) is 51.2 Å². The van der Waals surface area contributed by atoms with Gasteiger partial charge in [0, 0.05) is 18.0 Å². The van der Waals surface area contributed by atoms with Crippen molar-refractivity contribution in [2.45, 2.75) is 58.0 Å². The molecule has 2 rings (SSSR count). The van der Waals surface area contributed by atoms with Crippen LogP contribution in [-0.4, -0.2) is 11.4 Å². The van der Waals surface area contributed by atoms with Gasteiger partial charge in [-0.1, -0.05) is 52.0 Å². The van der Waals surface area contributed by atoms with Crippen LogP contribution in [0.4, 0.5) is 0 Å². The molecule has 0 aliphatic heterocycles. The Hall–Kier alpha value is -0.530. The standard InChI is InChI=1S/C16H24ClN/c1-11(2)13-7-5-12(6-8-13)10-18-15-9-14(17)16(15,3)4/h5-8,11,14-15,18H,9-10H2,1-4H3. The van der Waals surface area contributed by atoms with Crippen LogP contribution in [-0.2, 0) is 6.54 Å². The molecule has 0 amide bonds. The van der Waals surface area contributed by atoms with Gasteiger partial charge in [0.25, 0.3) is 0 Å². The number of nitrogens with one attached hydrogen (secondary N) is 1. The molecule has 0 heterocycles. The highest BCUT2D eigenvalue weighted by Gasteiger charge is 2.46. The second-order valence-electron chi connectivity index (χ2n) is 6.35. The third kappa shape index (κ3) is 2.73. The van der Waals surface area contributed by atoms with Crippen LogP contribution in [0.15, 0.2) is 24.3 Å². The van der Waals surface area contributed by atoms with Gasteiger partial charge in [0.15, 0.2) is 0 Å². The van der Waals surface area contributed by atoms with E-state index in [2.05, 4.69) is 57.3 Å². The SMILES string of the molecule is CC(C)c1ccc(CNC2CC(Cl)C2(C)C)cc1. The zero-order valence-corrected chi connectivity index (χ0v) is 12.6. The van der Waals surface area contributed by atoms with E-state index in [0.29, 0.717) is 17.3 Å². The van der Waals surface area contributed by atoms with Crippen LogP contribution >= 0.6 is 11.6 Å². The maximum absolute atomic E-state index is 6.23. The molecule has 1 aliphatic rings. The van der Waals surface area contributed by atoms with Crippen LogP contribution in [0.25, 0.3) is 0 Å². The number of alkyl halides is 1. The zero-order chi connectivity index (χ0) is 13.3. The van der Waals surface area contributed by atoms with E-state index in [0.717, 1.165) is 13.0 Å². The minimum absolute atomic E-state index is 0.222. The quantitative estimate of drug-likeness (QED) is 0.800. The second kappa shape index (κ2) is 5.22. The Labute approximate surface area is 116 Å². The first-order valence-corrected chi connectivity index (χ1v) is 7.31. The first-order chi connectivity index (χ1) is 8.41. The van der Waals surface area contributed by atoms with Gasteiger partial charge in [-0.05, 0) is 28.9 Å². The van der Waals surface area contributed by atoms with Gasteiger partial charge in [-0.3, -0.25) is 0 Å². The molecule has 2 atom stereocenters. The van der Waals surface area contributed by atoms with Crippen LogP contribution < -0.4 is 5.32 Å². The minimum atomic E-state index is 0.222. The van der Waals surface area contributed by atoms with Crippen LogP contribution in [0.2, 0.25) is 0 Å². The second-order valence-corrected chi connectivity index (χ2v) is 6.88. The van der Waals surface area contributed by atoms with E-state index < -0.39 is 0 Å². The first-order valence-electron chi connectivity index (χ1n) is 6.87. The monoisotopic (exact) mass is 265 g/mol. The lowest BCUT2D eigenvalue weighted by molar-refractivity contribution is 0.115. The van der Waals surface area contributed by atoms with Crippen molar-refractivity contribution >= 4 is 11.6 Å². The van der Waals surface area contributed by atoms with E-state index in [1.54, 1.807) is 0 Å².